The van der Waals surface area contributed by atoms with E-state index in [4.69, 9.17) is 22.6 Å². The molecular weight excluding hydrogens is 281 g/mol. The van der Waals surface area contributed by atoms with E-state index < -0.39 is 11.7 Å². The molecule has 0 spiro atoms. The van der Waals surface area contributed by atoms with Crippen LogP contribution in [0.5, 0.6) is 0 Å². The van der Waals surface area contributed by atoms with Crippen LogP contribution in [0.1, 0.15) is 11.3 Å². The number of nitrogens with two attached hydrogens (primary N) is 1. The Morgan fingerprint density at radius 1 is 1.32 bits per heavy atom. The van der Waals surface area contributed by atoms with Crippen molar-refractivity contribution in [3.63, 3.8) is 0 Å². The lowest BCUT2D eigenvalue weighted by Crippen LogP contribution is -2.08. The molecule has 1 aromatic heterocycles. The second-order valence-electron chi connectivity index (χ2n) is 3.64. The van der Waals surface area contributed by atoms with Crippen LogP contribution < -0.4 is 5.73 Å². The van der Waals surface area contributed by atoms with Gasteiger partial charge in [0.2, 0.25) is 0 Å². The third-order valence-electron chi connectivity index (χ3n) is 2.35. The van der Waals surface area contributed by atoms with Crippen molar-refractivity contribution in [3.05, 3.63) is 40.5 Å². The van der Waals surface area contributed by atoms with Crippen LogP contribution in [0.3, 0.4) is 0 Å². The van der Waals surface area contributed by atoms with E-state index >= 15 is 0 Å². The average Bonchev–Trinajstić information content (AvgIpc) is 2.69. The molecule has 2 aromatic rings. The molecule has 0 radical (unpaired) electrons. The van der Waals surface area contributed by atoms with Crippen LogP contribution in [0, 0.1) is 11.3 Å². The van der Waals surface area contributed by atoms with Gasteiger partial charge in [-0.25, -0.2) is 4.68 Å². The monoisotopic (exact) mass is 286 g/mol. The molecule has 0 fully saturated rings. The topological polar surface area (TPSA) is 67.6 Å². The third-order valence-corrected chi connectivity index (χ3v) is 2.67. The van der Waals surface area contributed by atoms with Gasteiger partial charge in [0.25, 0.3) is 0 Å². The van der Waals surface area contributed by atoms with Crippen molar-refractivity contribution >= 4 is 17.4 Å². The van der Waals surface area contributed by atoms with Crippen molar-refractivity contribution < 1.29 is 13.2 Å². The maximum Gasteiger partial charge on any atom is 0.416 e. The van der Waals surface area contributed by atoms with Gasteiger partial charge in [-0.05, 0) is 18.2 Å². The van der Waals surface area contributed by atoms with Gasteiger partial charge in [-0.15, -0.1) is 0 Å². The van der Waals surface area contributed by atoms with Crippen LogP contribution in [0.15, 0.2) is 24.3 Å². The molecule has 98 valence electrons. The first-order chi connectivity index (χ1) is 8.82. The minimum absolute atomic E-state index is 0.00835. The number of hydrogen-bond donors (Lipinski definition) is 1. The van der Waals surface area contributed by atoms with Crippen LogP contribution in [-0.2, 0) is 6.18 Å². The number of halogens is 4. The summed E-state index contributed by atoms with van der Waals surface area (Å²) in [7, 11) is 0. The Kier molecular flexibility index (Phi) is 3.12. The Hall–Kier alpha value is -2.20. The summed E-state index contributed by atoms with van der Waals surface area (Å²) in [5.74, 6) is 0.0257. The van der Waals surface area contributed by atoms with Crippen molar-refractivity contribution in [2.45, 2.75) is 6.18 Å². The Bertz CT molecular complexity index is 670. The number of nitrogen functional groups attached to an aromatic ring is 1. The normalized spacial score (nSPS) is 11.3. The first-order valence-corrected chi connectivity index (χ1v) is 5.33. The van der Waals surface area contributed by atoms with E-state index in [0.29, 0.717) is 0 Å². The summed E-state index contributed by atoms with van der Waals surface area (Å²) in [6.07, 6.45) is -4.50. The van der Waals surface area contributed by atoms with E-state index in [9.17, 15) is 13.2 Å². The molecule has 1 aromatic carbocycles. The maximum absolute atomic E-state index is 12.6. The molecule has 19 heavy (non-hydrogen) atoms. The van der Waals surface area contributed by atoms with Crippen LogP contribution in [0.2, 0.25) is 5.02 Å². The summed E-state index contributed by atoms with van der Waals surface area (Å²) >= 11 is 5.84. The quantitative estimate of drug-likeness (QED) is 0.876. The fourth-order valence-electron chi connectivity index (χ4n) is 1.49. The van der Waals surface area contributed by atoms with Crippen molar-refractivity contribution in [1.29, 1.82) is 5.26 Å². The molecule has 4 nitrogen and oxygen atoms in total. The summed E-state index contributed by atoms with van der Waals surface area (Å²) in [6.45, 7) is 0. The van der Waals surface area contributed by atoms with E-state index in [1.54, 1.807) is 6.07 Å². The lowest BCUT2D eigenvalue weighted by Gasteiger charge is -2.11. The summed E-state index contributed by atoms with van der Waals surface area (Å²) in [4.78, 5) is 0. The molecule has 0 atom stereocenters. The fraction of sp³-hybridized carbons (Fsp3) is 0.0909. The summed E-state index contributed by atoms with van der Waals surface area (Å²) in [6, 6.07) is 5.78. The Morgan fingerprint density at radius 2 is 2.00 bits per heavy atom. The minimum Gasteiger partial charge on any atom is -0.384 e. The van der Waals surface area contributed by atoms with Crippen molar-refractivity contribution in [3.8, 4) is 11.8 Å². The second-order valence-corrected chi connectivity index (χ2v) is 4.05. The maximum atomic E-state index is 12.6. The van der Waals surface area contributed by atoms with E-state index in [-0.39, 0.29) is 22.2 Å². The van der Waals surface area contributed by atoms with Crippen LogP contribution in [-0.4, -0.2) is 9.78 Å². The van der Waals surface area contributed by atoms with Gasteiger partial charge >= 0.3 is 6.18 Å². The molecule has 2 N–H and O–H groups in total. The van der Waals surface area contributed by atoms with Gasteiger partial charge in [0, 0.05) is 6.07 Å². The molecule has 0 bridgehead atoms. The summed E-state index contributed by atoms with van der Waals surface area (Å²) in [5.41, 5.74) is 4.67. The van der Waals surface area contributed by atoms with E-state index in [0.717, 1.165) is 22.9 Å². The Balaban J connectivity index is 2.61. The number of benzene rings is 1. The Morgan fingerprint density at radius 3 is 2.53 bits per heavy atom. The molecule has 1 heterocycles. The molecule has 0 aliphatic rings. The highest BCUT2D eigenvalue weighted by molar-refractivity contribution is 6.32. The van der Waals surface area contributed by atoms with Gasteiger partial charge in [0.15, 0.2) is 5.69 Å². The van der Waals surface area contributed by atoms with Gasteiger partial charge in [-0.3, -0.25) is 0 Å². The molecular formula is C11H6ClF3N4. The van der Waals surface area contributed by atoms with Gasteiger partial charge < -0.3 is 5.73 Å². The molecule has 0 aliphatic carbocycles. The fourth-order valence-corrected chi connectivity index (χ4v) is 1.69. The molecule has 0 unspecified atom stereocenters. The molecule has 0 amide bonds. The number of hydrogen-bond acceptors (Lipinski definition) is 3. The highest BCUT2D eigenvalue weighted by atomic mass is 35.5. The molecule has 0 saturated carbocycles. The number of rotatable bonds is 1. The zero-order chi connectivity index (χ0) is 14.2. The zero-order valence-electron chi connectivity index (χ0n) is 9.24. The standard InChI is InChI=1S/C11H6ClF3N4/c12-8-2-1-6(11(13,14)15)3-9(8)19-10(17)4-7(5-16)18-19/h1-4H,17H2. The summed E-state index contributed by atoms with van der Waals surface area (Å²) < 4.78 is 38.9. The average molecular weight is 287 g/mol. The number of alkyl halides is 3. The van der Waals surface area contributed by atoms with E-state index in [1.807, 2.05) is 0 Å². The lowest BCUT2D eigenvalue weighted by atomic mass is 10.2. The van der Waals surface area contributed by atoms with Gasteiger partial charge in [0.1, 0.15) is 11.9 Å². The van der Waals surface area contributed by atoms with Crippen LogP contribution in [0.25, 0.3) is 5.69 Å². The highest BCUT2D eigenvalue weighted by Gasteiger charge is 2.31. The first-order valence-electron chi connectivity index (χ1n) is 4.95. The first kappa shape index (κ1) is 13.2. The predicted molar refractivity (Wildman–Crippen MR) is 62.7 cm³/mol. The lowest BCUT2D eigenvalue weighted by molar-refractivity contribution is -0.137. The molecule has 0 aliphatic heterocycles. The zero-order valence-corrected chi connectivity index (χ0v) is 10.00. The highest BCUT2D eigenvalue weighted by Crippen LogP contribution is 2.33. The van der Waals surface area contributed by atoms with Crippen molar-refractivity contribution in [2.24, 2.45) is 0 Å². The van der Waals surface area contributed by atoms with E-state index in [2.05, 4.69) is 5.10 Å². The van der Waals surface area contributed by atoms with E-state index in [1.165, 1.54) is 6.07 Å². The van der Waals surface area contributed by atoms with Gasteiger partial charge in [-0.2, -0.15) is 23.5 Å². The van der Waals surface area contributed by atoms with Crippen molar-refractivity contribution in [2.75, 3.05) is 5.73 Å². The third kappa shape index (κ3) is 2.48. The smallest absolute Gasteiger partial charge is 0.384 e. The number of anilines is 1. The number of aromatic nitrogens is 2. The molecule has 0 saturated heterocycles. The molecule has 8 heteroatoms. The second kappa shape index (κ2) is 4.48. The van der Waals surface area contributed by atoms with Gasteiger partial charge in [0.05, 0.1) is 16.3 Å². The van der Waals surface area contributed by atoms with Gasteiger partial charge in [-0.1, -0.05) is 11.6 Å². The Labute approximate surface area is 110 Å². The van der Waals surface area contributed by atoms with Crippen molar-refractivity contribution in [1.82, 2.24) is 9.78 Å². The molecule has 2 rings (SSSR count). The summed E-state index contributed by atoms with van der Waals surface area (Å²) in [5, 5.41) is 12.5. The van der Waals surface area contributed by atoms with Crippen LogP contribution in [0.4, 0.5) is 19.0 Å². The SMILES string of the molecule is N#Cc1cc(N)n(-c2cc(C(F)(F)F)ccc2Cl)n1. The van der Waals surface area contributed by atoms with Crippen LogP contribution >= 0.6 is 11.6 Å². The predicted octanol–water partition coefficient (Wildman–Crippen LogP) is 3.00. The number of nitriles is 1. The minimum atomic E-state index is -4.50. The number of nitrogens with zero attached hydrogens (tertiary/aromatic N) is 3. The largest absolute Gasteiger partial charge is 0.416 e.